The molecule has 0 radical (unpaired) electrons. The van der Waals surface area contributed by atoms with Gasteiger partial charge in [-0.05, 0) is 14.1 Å². The van der Waals surface area contributed by atoms with Gasteiger partial charge in [-0.3, -0.25) is 4.68 Å². The number of hydrogen-bond donors (Lipinski definition) is 1. The van der Waals surface area contributed by atoms with Crippen molar-refractivity contribution in [1.82, 2.24) is 24.6 Å². The molecule has 104 valence electrons. The van der Waals surface area contributed by atoms with Gasteiger partial charge in [-0.25, -0.2) is 9.97 Å². The van der Waals surface area contributed by atoms with E-state index in [1.165, 1.54) is 6.20 Å². The first-order chi connectivity index (χ1) is 9.61. The molecule has 0 aliphatic carbocycles. The van der Waals surface area contributed by atoms with Crippen molar-refractivity contribution >= 4 is 5.82 Å². The summed E-state index contributed by atoms with van der Waals surface area (Å²) >= 11 is 0. The third-order valence-electron chi connectivity index (χ3n) is 3.00. The number of likely N-dealkylation sites (N-methyl/N-ethyl adjacent to an activating group) is 1. The van der Waals surface area contributed by atoms with Crippen LogP contribution in [0.25, 0.3) is 0 Å². The molecule has 7 heteroatoms. The van der Waals surface area contributed by atoms with E-state index in [4.69, 9.17) is 5.26 Å². The predicted octanol–water partition coefficient (Wildman–Crippen LogP) is 0.797. The third-order valence-corrected chi connectivity index (χ3v) is 3.00. The van der Waals surface area contributed by atoms with E-state index in [1.807, 2.05) is 39.6 Å². The minimum absolute atomic E-state index is 0.136. The Morgan fingerprint density at radius 3 is 2.75 bits per heavy atom. The quantitative estimate of drug-likeness (QED) is 0.866. The van der Waals surface area contributed by atoms with E-state index in [0.29, 0.717) is 18.1 Å². The Hall–Kier alpha value is -2.46. The van der Waals surface area contributed by atoms with Crippen LogP contribution in [0.5, 0.6) is 0 Å². The number of hydrogen-bond acceptors (Lipinski definition) is 6. The molecule has 2 aromatic heterocycles. The molecule has 2 heterocycles. The zero-order valence-electron chi connectivity index (χ0n) is 11.8. The van der Waals surface area contributed by atoms with Gasteiger partial charge in [0, 0.05) is 37.7 Å². The van der Waals surface area contributed by atoms with Gasteiger partial charge in [0.05, 0.1) is 12.2 Å². The van der Waals surface area contributed by atoms with Gasteiger partial charge in [-0.1, -0.05) is 0 Å². The molecule has 0 fully saturated rings. The minimum atomic E-state index is 0.136. The van der Waals surface area contributed by atoms with Crippen molar-refractivity contribution in [2.75, 3.05) is 26.0 Å². The van der Waals surface area contributed by atoms with Gasteiger partial charge in [-0.15, -0.1) is 0 Å². The van der Waals surface area contributed by atoms with Crippen molar-refractivity contribution in [3.63, 3.8) is 0 Å². The van der Waals surface area contributed by atoms with Crippen LogP contribution in [0.1, 0.15) is 17.3 Å². The molecule has 0 amide bonds. The van der Waals surface area contributed by atoms with Gasteiger partial charge in [0.2, 0.25) is 0 Å². The highest BCUT2D eigenvalue weighted by Crippen LogP contribution is 2.18. The molecule has 20 heavy (non-hydrogen) atoms. The Balaban J connectivity index is 2.12. The Bertz CT molecular complexity index is 611. The van der Waals surface area contributed by atoms with Crippen LogP contribution in [-0.4, -0.2) is 45.3 Å². The first-order valence-corrected chi connectivity index (χ1v) is 6.21. The van der Waals surface area contributed by atoms with Crippen LogP contribution < -0.4 is 5.32 Å². The molecule has 2 aromatic rings. The molecule has 1 atom stereocenters. The number of anilines is 1. The summed E-state index contributed by atoms with van der Waals surface area (Å²) in [6.07, 6.45) is 6.90. The average molecular weight is 271 g/mol. The highest BCUT2D eigenvalue weighted by Gasteiger charge is 2.16. The van der Waals surface area contributed by atoms with Crippen LogP contribution >= 0.6 is 0 Å². The zero-order valence-corrected chi connectivity index (χ0v) is 11.8. The van der Waals surface area contributed by atoms with Gasteiger partial charge in [-0.2, -0.15) is 10.4 Å². The van der Waals surface area contributed by atoms with Crippen LogP contribution in [-0.2, 0) is 7.05 Å². The lowest BCUT2D eigenvalue weighted by Crippen LogP contribution is -2.27. The summed E-state index contributed by atoms with van der Waals surface area (Å²) in [7, 11) is 5.89. The van der Waals surface area contributed by atoms with Gasteiger partial charge < -0.3 is 10.2 Å². The number of nitrogens with zero attached hydrogens (tertiary/aromatic N) is 6. The van der Waals surface area contributed by atoms with Crippen LogP contribution in [0.4, 0.5) is 5.82 Å². The second-order valence-corrected chi connectivity index (χ2v) is 4.67. The highest BCUT2D eigenvalue weighted by molar-refractivity contribution is 5.46. The minimum Gasteiger partial charge on any atom is -0.366 e. The first kappa shape index (κ1) is 14.0. The van der Waals surface area contributed by atoms with E-state index in [1.54, 1.807) is 10.9 Å². The van der Waals surface area contributed by atoms with Crippen molar-refractivity contribution in [1.29, 1.82) is 5.26 Å². The van der Waals surface area contributed by atoms with E-state index in [9.17, 15) is 0 Å². The summed E-state index contributed by atoms with van der Waals surface area (Å²) in [5.74, 6) is 0.505. The van der Waals surface area contributed by atoms with Gasteiger partial charge in [0.15, 0.2) is 11.5 Å². The van der Waals surface area contributed by atoms with E-state index in [-0.39, 0.29) is 6.04 Å². The highest BCUT2D eigenvalue weighted by atomic mass is 15.2. The van der Waals surface area contributed by atoms with E-state index < -0.39 is 0 Å². The van der Waals surface area contributed by atoms with Crippen LogP contribution in [0.2, 0.25) is 0 Å². The molecular weight excluding hydrogens is 254 g/mol. The van der Waals surface area contributed by atoms with Crippen LogP contribution in [0, 0.1) is 11.3 Å². The van der Waals surface area contributed by atoms with E-state index in [0.717, 1.165) is 5.56 Å². The summed E-state index contributed by atoms with van der Waals surface area (Å²) in [4.78, 5) is 10.2. The maximum absolute atomic E-state index is 9.00. The lowest BCUT2D eigenvalue weighted by Gasteiger charge is -2.23. The van der Waals surface area contributed by atoms with Crippen molar-refractivity contribution in [2.45, 2.75) is 6.04 Å². The standard InChI is InChI=1S/C13H17N7/c1-19(2)12(10-7-18-20(3)9-10)8-17-13-11(6-14)15-4-5-16-13/h4-5,7,9,12H,8H2,1-3H3,(H,16,17). The Morgan fingerprint density at radius 1 is 1.40 bits per heavy atom. The molecular formula is C13H17N7. The molecule has 1 N–H and O–H groups in total. The van der Waals surface area contributed by atoms with Gasteiger partial charge in [0.25, 0.3) is 0 Å². The topological polar surface area (TPSA) is 82.7 Å². The lowest BCUT2D eigenvalue weighted by atomic mass is 10.1. The summed E-state index contributed by atoms with van der Waals surface area (Å²) in [5, 5.41) is 16.4. The molecule has 0 aromatic carbocycles. The van der Waals surface area contributed by atoms with E-state index >= 15 is 0 Å². The zero-order chi connectivity index (χ0) is 14.5. The fourth-order valence-electron chi connectivity index (χ4n) is 1.95. The predicted molar refractivity (Wildman–Crippen MR) is 74.9 cm³/mol. The largest absolute Gasteiger partial charge is 0.366 e. The third kappa shape index (κ3) is 3.10. The van der Waals surface area contributed by atoms with Gasteiger partial charge in [0.1, 0.15) is 6.07 Å². The Labute approximate surface area is 117 Å². The summed E-state index contributed by atoms with van der Waals surface area (Å²) < 4.78 is 1.77. The van der Waals surface area contributed by atoms with Crippen LogP contribution in [0.15, 0.2) is 24.8 Å². The molecule has 0 aliphatic heterocycles. The summed E-state index contributed by atoms with van der Waals surface area (Å²) in [5.41, 5.74) is 1.41. The molecule has 7 nitrogen and oxygen atoms in total. The second-order valence-electron chi connectivity index (χ2n) is 4.67. The molecule has 0 saturated heterocycles. The van der Waals surface area contributed by atoms with E-state index in [2.05, 4.69) is 25.3 Å². The molecule has 0 spiro atoms. The van der Waals surface area contributed by atoms with Crippen molar-refractivity contribution in [3.8, 4) is 6.07 Å². The molecule has 0 saturated carbocycles. The lowest BCUT2D eigenvalue weighted by molar-refractivity contribution is 0.311. The second kappa shape index (κ2) is 6.12. The van der Waals surface area contributed by atoms with Crippen LogP contribution in [0.3, 0.4) is 0 Å². The summed E-state index contributed by atoms with van der Waals surface area (Å²) in [6.45, 7) is 0.617. The van der Waals surface area contributed by atoms with Crippen molar-refractivity contribution < 1.29 is 0 Å². The average Bonchev–Trinajstić information content (AvgIpc) is 2.85. The normalized spacial score (nSPS) is 12.2. The SMILES string of the molecule is CN(C)C(CNc1nccnc1C#N)c1cnn(C)c1. The smallest absolute Gasteiger partial charge is 0.182 e. The molecule has 2 rings (SSSR count). The fourth-order valence-corrected chi connectivity index (χ4v) is 1.95. The number of aromatic nitrogens is 4. The molecule has 1 unspecified atom stereocenters. The maximum atomic E-state index is 9.00. The molecule has 0 aliphatic rings. The number of rotatable bonds is 5. The summed E-state index contributed by atoms with van der Waals surface area (Å²) in [6, 6.07) is 2.16. The fraction of sp³-hybridized carbons (Fsp3) is 0.385. The molecule has 0 bridgehead atoms. The first-order valence-electron chi connectivity index (χ1n) is 6.21. The van der Waals surface area contributed by atoms with Crippen molar-refractivity contribution in [3.05, 3.63) is 36.0 Å². The number of nitriles is 1. The Kier molecular flexibility index (Phi) is 4.27. The van der Waals surface area contributed by atoms with Crippen molar-refractivity contribution in [2.24, 2.45) is 7.05 Å². The maximum Gasteiger partial charge on any atom is 0.182 e. The van der Waals surface area contributed by atoms with Gasteiger partial charge >= 0.3 is 0 Å². The number of aryl methyl sites for hydroxylation is 1. The Morgan fingerprint density at radius 2 is 2.15 bits per heavy atom. The monoisotopic (exact) mass is 271 g/mol. The number of nitrogens with one attached hydrogen (secondary N) is 1.